The van der Waals surface area contributed by atoms with E-state index in [1.54, 1.807) is 0 Å². The van der Waals surface area contributed by atoms with Crippen molar-refractivity contribution >= 4 is 16.6 Å². The zero-order chi connectivity index (χ0) is 14.7. The number of rotatable bonds is 5. The minimum absolute atomic E-state index is 0.426. The zero-order valence-corrected chi connectivity index (χ0v) is 12.8. The first-order chi connectivity index (χ1) is 10.3. The Hall–Kier alpha value is -1.65. The Morgan fingerprint density at radius 2 is 2.24 bits per heavy atom. The van der Waals surface area contributed by atoms with Crippen LogP contribution in [0, 0.1) is 0 Å². The highest BCUT2D eigenvalue weighted by Crippen LogP contribution is 2.28. The Labute approximate surface area is 126 Å². The third kappa shape index (κ3) is 3.01. The van der Waals surface area contributed by atoms with Crippen molar-refractivity contribution in [1.82, 2.24) is 10.3 Å². The average Bonchev–Trinajstić information content (AvgIpc) is 3.05. The summed E-state index contributed by atoms with van der Waals surface area (Å²) in [5.74, 6) is 1.07. The zero-order valence-electron chi connectivity index (χ0n) is 12.8. The lowest BCUT2D eigenvalue weighted by Gasteiger charge is -2.26. The molecule has 1 unspecified atom stereocenters. The van der Waals surface area contributed by atoms with Gasteiger partial charge in [-0.05, 0) is 24.4 Å². The number of hydrogen-bond acceptors (Lipinski definition) is 4. The van der Waals surface area contributed by atoms with Crippen LogP contribution >= 0.6 is 0 Å². The van der Waals surface area contributed by atoms with Gasteiger partial charge >= 0.3 is 0 Å². The number of nitrogens with zero attached hydrogens (tertiary/aromatic N) is 2. The van der Waals surface area contributed by atoms with Gasteiger partial charge in [-0.15, -0.1) is 0 Å². The van der Waals surface area contributed by atoms with Crippen LogP contribution in [-0.4, -0.2) is 37.8 Å². The molecule has 0 bridgehead atoms. The van der Waals surface area contributed by atoms with Crippen LogP contribution in [0.5, 0.6) is 0 Å². The molecule has 1 aliphatic rings. The van der Waals surface area contributed by atoms with Gasteiger partial charge in [-0.25, -0.2) is 4.98 Å². The number of ether oxygens (including phenoxy) is 1. The minimum Gasteiger partial charge on any atom is -0.379 e. The average molecular weight is 285 g/mol. The van der Waals surface area contributed by atoms with Crippen molar-refractivity contribution in [1.29, 1.82) is 0 Å². The first kappa shape index (κ1) is 14.3. The molecule has 4 nitrogen and oxygen atoms in total. The van der Waals surface area contributed by atoms with Crippen LogP contribution in [0.25, 0.3) is 10.8 Å². The quantitative estimate of drug-likeness (QED) is 0.916. The number of hydrogen-bond donors (Lipinski definition) is 1. The van der Waals surface area contributed by atoms with Crippen molar-refractivity contribution in [3.8, 4) is 0 Å². The second kappa shape index (κ2) is 6.41. The van der Waals surface area contributed by atoms with E-state index in [0.717, 1.165) is 44.2 Å². The highest BCUT2D eigenvalue weighted by atomic mass is 16.5. The summed E-state index contributed by atoms with van der Waals surface area (Å²) in [7, 11) is 2.13. The third-order valence-electron chi connectivity index (χ3n) is 4.12. The number of likely N-dealkylation sites (N-methyl/N-ethyl adjacent to an activating group) is 1. The second-order valence-electron chi connectivity index (χ2n) is 5.57. The van der Waals surface area contributed by atoms with E-state index in [1.807, 2.05) is 0 Å². The Morgan fingerprint density at radius 3 is 3.00 bits per heavy atom. The predicted molar refractivity (Wildman–Crippen MR) is 86.8 cm³/mol. The number of nitrogens with one attached hydrogen (secondary N) is 1. The molecule has 0 radical (unpaired) electrons. The van der Waals surface area contributed by atoms with E-state index in [4.69, 9.17) is 9.72 Å². The van der Waals surface area contributed by atoms with E-state index in [0.29, 0.717) is 6.04 Å². The molecule has 1 fully saturated rings. The molecule has 4 heteroatoms. The molecular weight excluding hydrogens is 262 g/mol. The van der Waals surface area contributed by atoms with Crippen LogP contribution in [0.3, 0.4) is 0 Å². The van der Waals surface area contributed by atoms with Crippen LogP contribution in [0.4, 0.5) is 5.82 Å². The molecule has 3 rings (SSSR count). The predicted octanol–water partition coefficient (Wildman–Crippen LogP) is 2.57. The lowest BCUT2D eigenvalue weighted by atomic mass is 10.1. The Bertz CT molecular complexity index is 608. The maximum absolute atomic E-state index is 5.53. The summed E-state index contributed by atoms with van der Waals surface area (Å²) in [4.78, 5) is 7.17. The van der Waals surface area contributed by atoms with Crippen molar-refractivity contribution < 1.29 is 4.74 Å². The summed E-state index contributed by atoms with van der Waals surface area (Å²) in [6, 6.07) is 11.1. The fraction of sp³-hybridized carbons (Fsp3) is 0.471. The van der Waals surface area contributed by atoms with Crippen LogP contribution in [-0.2, 0) is 11.3 Å². The van der Waals surface area contributed by atoms with E-state index in [9.17, 15) is 0 Å². The summed E-state index contributed by atoms with van der Waals surface area (Å²) in [6.45, 7) is 5.53. The van der Waals surface area contributed by atoms with Crippen LogP contribution in [0.2, 0.25) is 0 Å². The molecule has 1 aromatic heterocycles. The molecule has 112 valence electrons. The van der Waals surface area contributed by atoms with Crippen LogP contribution in [0.15, 0.2) is 30.3 Å². The van der Waals surface area contributed by atoms with Gasteiger partial charge in [-0.3, -0.25) is 0 Å². The van der Waals surface area contributed by atoms with E-state index in [-0.39, 0.29) is 0 Å². The standard InChI is InChI=1S/C17H23N3O/c1-3-18-11-14-10-13-6-4-5-7-16(13)17(19-14)20(2)15-8-9-21-12-15/h4-7,10,15,18H,3,8-9,11-12H2,1-2H3. The van der Waals surface area contributed by atoms with Gasteiger partial charge in [-0.1, -0.05) is 31.2 Å². The second-order valence-corrected chi connectivity index (χ2v) is 5.57. The van der Waals surface area contributed by atoms with Gasteiger partial charge in [0.2, 0.25) is 0 Å². The van der Waals surface area contributed by atoms with Crippen molar-refractivity contribution in [2.45, 2.75) is 25.9 Å². The molecule has 0 amide bonds. The lowest BCUT2D eigenvalue weighted by molar-refractivity contribution is 0.193. The van der Waals surface area contributed by atoms with Gasteiger partial charge in [0, 0.05) is 25.6 Å². The van der Waals surface area contributed by atoms with Gasteiger partial charge in [0.25, 0.3) is 0 Å². The highest BCUT2D eigenvalue weighted by molar-refractivity contribution is 5.92. The third-order valence-corrected chi connectivity index (χ3v) is 4.12. The summed E-state index contributed by atoms with van der Waals surface area (Å²) < 4.78 is 5.53. The lowest BCUT2D eigenvalue weighted by Crippen LogP contribution is -2.33. The van der Waals surface area contributed by atoms with E-state index in [1.165, 1.54) is 10.8 Å². The molecule has 2 heterocycles. The van der Waals surface area contributed by atoms with Gasteiger partial charge in [0.15, 0.2) is 0 Å². The van der Waals surface area contributed by atoms with Gasteiger partial charge < -0.3 is 15.0 Å². The first-order valence-corrected chi connectivity index (χ1v) is 7.69. The van der Waals surface area contributed by atoms with Gasteiger partial charge in [-0.2, -0.15) is 0 Å². The monoisotopic (exact) mass is 285 g/mol. The van der Waals surface area contributed by atoms with Crippen molar-refractivity contribution in [3.63, 3.8) is 0 Å². The largest absolute Gasteiger partial charge is 0.379 e. The molecule has 1 N–H and O–H groups in total. The highest BCUT2D eigenvalue weighted by Gasteiger charge is 2.23. The number of fused-ring (bicyclic) bond motifs is 1. The molecule has 2 aromatic rings. The number of anilines is 1. The Morgan fingerprint density at radius 1 is 1.38 bits per heavy atom. The van der Waals surface area contributed by atoms with Crippen molar-refractivity contribution in [2.24, 2.45) is 0 Å². The number of benzene rings is 1. The molecule has 1 aliphatic heterocycles. The maximum Gasteiger partial charge on any atom is 0.136 e. The van der Waals surface area contributed by atoms with Gasteiger partial charge in [0.05, 0.1) is 18.3 Å². The smallest absolute Gasteiger partial charge is 0.136 e. The fourth-order valence-corrected chi connectivity index (χ4v) is 2.85. The molecular formula is C17H23N3O. The summed E-state index contributed by atoms with van der Waals surface area (Å²) in [6.07, 6.45) is 1.07. The van der Waals surface area contributed by atoms with Crippen molar-refractivity contribution in [3.05, 3.63) is 36.0 Å². The molecule has 0 spiro atoms. The summed E-state index contributed by atoms with van der Waals surface area (Å²) in [5, 5.41) is 5.83. The summed E-state index contributed by atoms with van der Waals surface area (Å²) in [5.41, 5.74) is 1.09. The SMILES string of the molecule is CCNCc1cc2ccccc2c(N(C)C2CCOC2)n1. The van der Waals surface area contributed by atoms with Crippen LogP contribution < -0.4 is 10.2 Å². The summed E-state index contributed by atoms with van der Waals surface area (Å²) >= 11 is 0. The Balaban J connectivity index is 2.01. The molecule has 21 heavy (non-hydrogen) atoms. The molecule has 0 aliphatic carbocycles. The van der Waals surface area contributed by atoms with Crippen LogP contribution in [0.1, 0.15) is 19.0 Å². The molecule has 0 saturated carbocycles. The van der Waals surface area contributed by atoms with Gasteiger partial charge in [0.1, 0.15) is 5.82 Å². The molecule has 1 atom stereocenters. The topological polar surface area (TPSA) is 37.4 Å². The Kier molecular flexibility index (Phi) is 4.36. The number of pyridine rings is 1. The minimum atomic E-state index is 0.426. The first-order valence-electron chi connectivity index (χ1n) is 7.69. The maximum atomic E-state index is 5.53. The molecule has 1 saturated heterocycles. The van der Waals surface area contributed by atoms with E-state index in [2.05, 4.69) is 54.5 Å². The van der Waals surface area contributed by atoms with E-state index < -0.39 is 0 Å². The fourth-order valence-electron chi connectivity index (χ4n) is 2.85. The molecule has 1 aromatic carbocycles. The normalized spacial score (nSPS) is 18.3. The van der Waals surface area contributed by atoms with Crippen molar-refractivity contribution in [2.75, 3.05) is 31.7 Å². The number of aromatic nitrogens is 1. The van der Waals surface area contributed by atoms with E-state index >= 15 is 0 Å².